The van der Waals surface area contributed by atoms with E-state index in [1.807, 2.05) is 35.2 Å². The highest BCUT2D eigenvalue weighted by Gasteiger charge is 2.24. The largest absolute Gasteiger partial charge is 0.393 e. The number of thiophene rings is 1. The summed E-state index contributed by atoms with van der Waals surface area (Å²) < 4.78 is 6.55. The molecule has 2 aliphatic heterocycles. The Morgan fingerprint density at radius 3 is 2.54 bits per heavy atom. The number of ether oxygens (including phenoxy) is 1. The van der Waals surface area contributed by atoms with Gasteiger partial charge >= 0.3 is 0 Å². The van der Waals surface area contributed by atoms with Gasteiger partial charge in [0.25, 0.3) is 5.91 Å². The molecule has 0 radical (unpaired) electrons. The van der Waals surface area contributed by atoms with Crippen LogP contribution in [-0.4, -0.2) is 81.3 Å². The fourth-order valence-corrected chi connectivity index (χ4v) is 5.80. The summed E-state index contributed by atoms with van der Waals surface area (Å²) >= 11 is 1.62. The lowest BCUT2D eigenvalue weighted by molar-refractivity contribution is 0.0546. The van der Waals surface area contributed by atoms with Gasteiger partial charge in [-0.05, 0) is 36.6 Å². The van der Waals surface area contributed by atoms with Gasteiger partial charge in [0.15, 0.2) is 11.6 Å². The van der Waals surface area contributed by atoms with E-state index >= 15 is 0 Å². The lowest BCUT2D eigenvalue weighted by Gasteiger charge is -2.29. The molecule has 1 aromatic carbocycles. The number of hydrogen-bond acceptors (Lipinski definition) is 10. The van der Waals surface area contributed by atoms with E-state index in [1.165, 1.54) is 0 Å². The third kappa shape index (κ3) is 4.85. The summed E-state index contributed by atoms with van der Waals surface area (Å²) in [6.45, 7) is 3.91. The standard InChI is InChI=1S/C26H27N7O3S/c27-26-28-14-18(15-29-26)23-30-20-13-21(37-22(20)24(31-23)32-8-10-36-11-9-32)16-2-1-3-17(12-16)25(35)33-6-4-19(34)5-7-33/h1-3,12-15,19,34H,4-11H2,(H2,27,28,29). The smallest absolute Gasteiger partial charge is 0.253 e. The van der Waals surface area contributed by atoms with Crippen molar-refractivity contribution in [3.8, 4) is 21.8 Å². The number of benzene rings is 1. The summed E-state index contributed by atoms with van der Waals surface area (Å²) in [4.78, 5) is 36.1. The van der Waals surface area contributed by atoms with Gasteiger partial charge in [-0.25, -0.2) is 19.9 Å². The van der Waals surface area contributed by atoms with Gasteiger partial charge in [0.1, 0.15) is 0 Å². The number of likely N-dealkylation sites (tertiary alicyclic amines) is 1. The average Bonchev–Trinajstić information content (AvgIpc) is 3.38. The Morgan fingerprint density at radius 2 is 1.78 bits per heavy atom. The zero-order valence-corrected chi connectivity index (χ0v) is 21.0. The molecule has 37 heavy (non-hydrogen) atoms. The third-order valence-corrected chi connectivity index (χ3v) is 7.91. The van der Waals surface area contributed by atoms with Crippen molar-refractivity contribution in [2.45, 2.75) is 18.9 Å². The highest BCUT2D eigenvalue weighted by molar-refractivity contribution is 7.22. The van der Waals surface area contributed by atoms with Crippen LogP contribution in [-0.2, 0) is 4.74 Å². The molecule has 190 valence electrons. The Balaban J connectivity index is 1.39. The minimum absolute atomic E-state index is 0.00528. The predicted molar refractivity (Wildman–Crippen MR) is 142 cm³/mol. The Bertz CT molecular complexity index is 1430. The molecule has 0 atom stereocenters. The zero-order chi connectivity index (χ0) is 25.4. The van der Waals surface area contributed by atoms with Crippen LogP contribution in [0.5, 0.6) is 0 Å². The molecule has 2 fully saturated rings. The van der Waals surface area contributed by atoms with Crippen LogP contribution in [0.2, 0.25) is 0 Å². The van der Waals surface area contributed by atoms with Crippen LogP contribution in [0, 0.1) is 0 Å². The number of aliphatic hydroxyl groups is 1. The molecule has 2 aliphatic rings. The summed E-state index contributed by atoms with van der Waals surface area (Å²) in [7, 11) is 0. The second kappa shape index (κ2) is 10.0. The van der Waals surface area contributed by atoms with Crippen LogP contribution in [0.25, 0.3) is 32.0 Å². The number of carbonyl (C=O) groups excluding carboxylic acids is 1. The van der Waals surface area contributed by atoms with Crippen LogP contribution < -0.4 is 10.6 Å². The van der Waals surface area contributed by atoms with Crippen LogP contribution >= 0.6 is 11.3 Å². The lowest BCUT2D eigenvalue weighted by atomic mass is 10.0. The molecule has 3 N–H and O–H groups in total. The van der Waals surface area contributed by atoms with Crippen molar-refractivity contribution in [2.75, 3.05) is 50.0 Å². The molecule has 3 aromatic heterocycles. The maximum Gasteiger partial charge on any atom is 0.253 e. The number of aliphatic hydroxyl groups excluding tert-OH is 1. The first-order valence-corrected chi connectivity index (χ1v) is 13.2. The molecule has 0 spiro atoms. The quantitative estimate of drug-likeness (QED) is 0.419. The summed E-state index contributed by atoms with van der Waals surface area (Å²) in [6.07, 6.45) is 4.18. The Hall–Kier alpha value is -3.67. The fourth-order valence-electron chi connectivity index (χ4n) is 4.69. The van der Waals surface area contributed by atoms with Gasteiger partial charge in [-0.3, -0.25) is 4.79 Å². The second-order valence-electron chi connectivity index (χ2n) is 9.23. The van der Waals surface area contributed by atoms with E-state index in [0.717, 1.165) is 39.6 Å². The van der Waals surface area contributed by atoms with E-state index in [2.05, 4.69) is 14.9 Å². The highest BCUT2D eigenvalue weighted by atomic mass is 32.1. The molecule has 0 saturated carbocycles. The van der Waals surface area contributed by atoms with E-state index in [9.17, 15) is 9.90 Å². The van der Waals surface area contributed by atoms with Crippen molar-refractivity contribution < 1.29 is 14.6 Å². The number of amides is 1. The number of piperidine rings is 1. The van der Waals surface area contributed by atoms with Gasteiger partial charge in [0.2, 0.25) is 5.95 Å². The molecule has 4 aromatic rings. The molecular weight excluding hydrogens is 490 g/mol. The number of nitrogens with zero attached hydrogens (tertiary/aromatic N) is 6. The maximum atomic E-state index is 13.1. The Kier molecular flexibility index (Phi) is 6.41. The monoisotopic (exact) mass is 517 g/mol. The van der Waals surface area contributed by atoms with E-state index in [0.29, 0.717) is 56.1 Å². The van der Waals surface area contributed by atoms with E-state index in [-0.39, 0.29) is 18.0 Å². The van der Waals surface area contributed by atoms with E-state index in [1.54, 1.807) is 23.7 Å². The molecule has 0 bridgehead atoms. The van der Waals surface area contributed by atoms with E-state index < -0.39 is 0 Å². The molecule has 5 heterocycles. The first-order chi connectivity index (χ1) is 18.0. The van der Waals surface area contributed by atoms with Gasteiger partial charge in [-0.2, -0.15) is 0 Å². The summed E-state index contributed by atoms with van der Waals surface area (Å²) in [5.74, 6) is 1.59. The van der Waals surface area contributed by atoms with Gasteiger partial charge in [0.05, 0.1) is 35.1 Å². The van der Waals surface area contributed by atoms with Crippen molar-refractivity contribution in [2.24, 2.45) is 0 Å². The first kappa shape index (κ1) is 23.7. The number of carbonyl (C=O) groups is 1. The second-order valence-corrected chi connectivity index (χ2v) is 10.3. The van der Waals surface area contributed by atoms with Gasteiger partial charge in [0, 0.05) is 49.0 Å². The number of hydrogen-bond donors (Lipinski definition) is 2. The van der Waals surface area contributed by atoms with E-state index in [4.69, 9.17) is 20.4 Å². The molecule has 2 saturated heterocycles. The number of morpholine rings is 1. The zero-order valence-electron chi connectivity index (χ0n) is 20.2. The predicted octanol–water partition coefficient (Wildman–Crippen LogP) is 2.83. The topological polar surface area (TPSA) is 131 Å². The van der Waals surface area contributed by atoms with Crippen molar-refractivity contribution in [1.29, 1.82) is 0 Å². The molecule has 0 unspecified atom stereocenters. The summed E-state index contributed by atoms with van der Waals surface area (Å²) in [5, 5.41) is 9.79. The molecule has 0 aliphatic carbocycles. The maximum absolute atomic E-state index is 13.1. The number of nitrogens with two attached hydrogens (primary N) is 1. The normalized spacial score (nSPS) is 16.9. The molecule has 6 rings (SSSR count). The van der Waals surface area contributed by atoms with Crippen molar-refractivity contribution in [3.63, 3.8) is 0 Å². The van der Waals surface area contributed by atoms with Crippen LogP contribution in [0.4, 0.5) is 11.8 Å². The number of aromatic nitrogens is 4. The SMILES string of the molecule is Nc1ncc(-c2nc(N3CCOCC3)c3sc(-c4cccc(C(=O)N5CCC(O)CC5)c4)cc3n2)cn1. The number of anilines is 2. The Labute approximate surface area is 217 Å². The molecule has 1 amide bonds. The van der Waals surface area contributed by atoms with Gasteiger partial charge in [-0.1, -0.05) is 12.1 Å². The third-order valence-electron chi connectivity index (χ3n) is 6.74. The molecule has 10 nitrogen and oxygen atoms in total. The molecular formula is C26H27N7O3S. The summed E-state index contributed by atoms with van der Waals surface area (Å²) in [6, 6.07) is 9.76. The van der Waals surface area contributed by atoms with Gasteiger partial charge in [-0.15, -0.1) is 11.3 Å². The number of rotatable bonds is 4. The average molecular weight is 518 g/mol. The van der Waals surface area contributed by atoms with Crippen LogP contribution in [0.15, 0.2) is 42.7 Å². The van der Waals surface area contributed by atoms with Crippen molar-refractivity contribution in [1.82, 2.24) is 24.8 Å². The number of fused-ring (bicyclic) bond motifs is 1. The van der Waals surface area contributed by atoms with Crippen molar-refractivity contribution >= 4 is 39.2 Å². The van der Waals surface area contributed by atoms with Crippen LogP contribution in [0.3, 0.4) is 0 Å². The van der Waals surface area contributed by atoms with Crippen LogP contribution in [0.1, 0.15) is 23.2 Å². The van der Waals surface area contributed by atoms with Crippen molar-refractivity contribution in [3.05, 3.63) is 48.3 Å². The minimum atomic E-state index is -0.319. The Morgan fingerprint density at radius 1 is 1.03 bits per heavy atom. The highest BCUT2D eigenvalue weighted by Crippen LogP contribution is 2.39. The van der Waals surface area contributed by atoms with Gasteiger partial charge < -0.3 is 25.4 Å². The number of nitrogen functional groups attached to an aromatic ring is 1. The summed E-state index contributed by atoms with van der Waals surface area (Å²) in [5.41, 5.74) is 8.79. The molecule has 11 heteroatoms. The fraction of sp³-hybridized carbons (Fsp3) is 0.346. The minimum Gasteiger partial charge on any atom is -0.393 e. The first-order valence-electron chi connectivity index (χ1n) is 12.3. The lowest BCUT2D eigenvalue weighted by Crippen LogP contribution is -2.40.